The van der Waals surface area contributed by atoms with E-state index in [1.54, 1.807) is 54.9 Å². The van der Waals surface area contributed by atoms with E-state index in [-0.39, 0.29) is 18.0 Å². The highest BCUT2D eigenvalue weighted by atomic mass is 32.2. The number of aliphatic hydroxyl groups excluding tert-OH is 1. The summed E-state index contributed by atoms with van der Waals surface area (Å²) in [7, 11) is -3.80. The maximum Gasteiger partial charge on any atom is 0.265 e. The highest BCUT2D eigenvalue weighted by Gasteiger charge is 2.26. The summed E-state index contributed by atoms with van der Waals surface area (Å²) in [4.78, 5) is 4.23. The smallest absolute Gasteiger partial charge is 0.265 e. The van der Waals surface area contributed by atoms with Gasteiger partial charge in [0.05, 0.1) is 23.7 Å². The Balaban J connectivity index is 2.18. The number of fused-ring (bicyclic) bond motifs is 1. The van der Waals surface area contributed by atoms with Crippen LogP contribution in [0.1, 0.15) is 0 Å². The Kier molecular flexibility index (Phi) is 4.27. The minimum absolute atomic E-state index is 0.00613. The molecule has 0 aliphatic rings. The quantitative estimate of drug-likeness (QED) is 0.781. The largest absolute Gasteiger partial charge is 0.394 e. The first-order valence-corrected chi connectivity index (χ1v) is 8.60. The van der Waals surface area contributed by atoms with Gasteiger partial charge in [0, 0.05) is 23.2 Å². The van der Waals surface area contributed by atoms with Crippen molar-refractivity contribution < 1.29 is 13.5 Å². The average Bonchev–Trinajstić information content (AvgIpc) is 2.59. The first-order valence-electron chi connectivity index (χ1n) is 7.16. The van der Waals surface area contributed by atoms with Crippen molar-refractivity contribution in [2.45, 2.75) is 4.90 Å². The molecule has 1 heterocycles. The number of hydrogen-bond acceptors (Lipinski definition) is 4. The van der Waals surface area contributed by atoms with Gasteiger partial charge in [-0.25, -0.2) is 8.42 Å². The number of pyridine rings is 1. The fraction of sp³-hybridized carbons (Fsp3) is 0.118. The van der Waals surface area contributed by atoms with Crippen LogP contribution < -0.4 is 4.31 Å². The molecule has 6 heteroatoms. The Morgan fingerprint density at radius 1 is 1.00 bits per heavy atom. The summed E-state index contributed by atoms with van der Waals surface area (Å²) in [6, 6.07) is 15.5. The van der Waals surface area contributed by atoms with Gasteiger partial charge in [0.15, 0.2) is 0 Å². The molecule has 118 valence electrons. The topological polar surface area (TPSA) is 70.5 Å². The van der Waals surface area contributed by atoms with E-state index < -0.39 is 10.0 Å². The number of rotatable bonds is 5. The van der Waals surface area contributed by atoms with Crippen LogP contribution in [0.25, 0.3) is 10.8 Å². The highest BCUT2D eigenvalue weighted by Crippen LogP contribution is 2.28. The zero-order valence-corrected chi connectivity index (χ0v) is 13.1. The second-order valence-corrected chi connectivity index (χ2v) is 6.82. The molecule has 1 aromatic heterocycles. The van der Waals surface area contributed by atoms with E-state index in [9.17, 15) is 13.5 Å². The Morgan fingerprint density at radius 3 is 2.52 bits per heavy atom. The van der Waals surface area contributed by atoms with Crippen molar-refractivity contribution in [1.82, 2.24) is 4.98 Å². The SMILES string of the molecule is O=S(=O)(c1cccc2cnccc12)N(CCO)c1ccccc1. The summed E-state index contributed by atoms with van der Waals surface area (Å²) in [6.07, 6.45) is 3.20. The molecule has 0 saturated heterocycles. The molecule has 23 heavy (non-hydrogen) atoms. The van der Waals surface area contributed by atoms with Crippen molar-refractivity contribution in [2.75, 3.05) is 17.5 Å². The molecule has 0 radical (unpaired) electrons. The lowest BCUT2D eigenvalue weighted by molar-refractivity contribution is 0.306. The Labute approximate surface area is 134 Å². The van der Waals surface area contributed by atoms with Crippen molar-refractivity contribution in [3.63, 3.8) is 0 Å². The number of hydrogen-bond donors (Lipinski definition) is 1. The molecule has 3 aromatic rings. The van der Waals surface area contributed by atoms with Gasteiger partial charge < -0.3 is 5.11 Å². The lowest BCUT2D eigenvalue weighted by Crippen LogP contribution is -2.33. The summed E-state index contributed by atoms with van der Waals surface area (Å²) in [5, 5.41) is 10.7. The van der Waals surface area contributed by atoms with Crippen LogP contribution in [0.15, 0.2) is 71.9 Å². The van der Waals surface area contributed by atoms with Crippen molar-refractivity contribution >= 4 is 26.5 Å². The van der Waals surface area contributed by atoms with E-state index in [0.29, 0.717) is 11.1 Å². The number of aliphatic hydroxyl groups is 1. The van der Waals surface area contributed by atoms with Crippen LogP contribution in [0.2, 0.25) is 0 Å². The Hall–Kier alpha value is -2.44. The van der Waals surface area contributed by atoms with Gasteiger partial charge in [-0.1, -0.05) is 30.3 Å². The fourth-order valence-electron chi connectivity index (χ4n) is 2.51. The van der Waals surface area contributed by atoms with E-state index in [2.05, 4.69) is 4.98 Å². The Morgan fingerprint density at radius 2 is 1.78 bits per heavy atom. The molecule has 2 aromatic carbocycles. The molecule has 1 N–H and O–H groups in total. The summed E-state index contributed by atoms with van der Waals surface area (Å²) in [5.74, 6) is 0. The number of para-hydroxylation sites is 1. The van der Waals surface area contributed by atoms with Crippen LogP contribution in [0, 0.1) is 0 Å². The van der Waals surface area contributed by atoms with Gasteiger partial charge in [0.25, 0.3) is 10.0 Å². The summed E-state index contributed by atoms with van der Waals surface area (Å²) in [5.41, 5.74) is 0.521. The van der Waals surface area contributed by atoms with Crippen molar-refractivity contribution in [3.05, 3.63) is 67.0 Å². The standard InChI is InChI=1S/C17H16N2O3S/c20-12-11-19(15-6-2-1-3-7-15)23(21,22)17-8-4-5-14-13-18-10-9-16(14)17/h1-10,13,20H,11-12H2. The minimum atomic E-state index is -3.80. The van der Waals surface area contributed by atoms with Gasteiger partial charge in [0.1, 0.15) is 0 Å². The van der Waals surface area contributed by atoms with Crippen LogP contribution in [-0.2, 0) is 10.0 Å². The first kappa shape index (κ1) is 15.5. The molecule has 0 spiro atoms. The lowest BCUT2D eigenvalue weighted by atomic mass is 10.2. The summed E-state index contributed by atoms with van der Waals surface area (Å²) < 4.78 is 27.5. The normalized spacial score (nSPS) is 11.5. The molecular formula is C17H16N2O3S. The third kappa shape index (κ3) is 2.91. The van der Waals surface area contributed by atoms with E-state index in [4.69, 9.17) is 0 Å². The third-order valence-corrected chi connectivity index (χ3v) is 5.44. The van der Waals surface area contributed by atoms with Gasteiger partial charge >= 0.3 is 0 Å². The van der Waals surface area contributed by atoms with Crippen LogP contribution in [0.4, 0.5) is 5.69 Å². The number of aromatic nitrogens is 1. The monoisotopic (exact) mass is 328 g/mol. The molecular weight excluding hydrogens is 312 g/mol. The number of anilines is 1. The fourth-order valence-corrected chi connectivity index (χ4v) is 4.18. The van der Waals surface area contributed by atoms with Gasteiger partial charge in [-0.05, 0) is 24.3 Å². The third-order valence-electron chi connectivity index (χ3n) is 3.56. The predicted molar refractivity (Wildman–Crippen MR) is 89.8 cm³/mol. The molecule has 5 nitrogen and oxygen atoms in total. The van der Waals surface area contributed by atoms with Gasteiger partial charge in [-0.3, -0.25) is 9.29 Å². The van der Waals surface area contributed by atoms with Crippen molar-refractivity contribution in [3.8, 4) is 0 Å². The number of benzene rings is 2. The van der Waals surface area contributed by atoms with Gasteiger partial charge in [-0.2, -0.15) is 0 Å². The maximum atomic E-state index is 13.1. The molecule has 0 bridgehead atoms. The summed E-state index contributed by atoms with van der Waals surface area (Å²) >= 11 is 0. The van der Waals surface area contributed by atoms with Gasteiger partial charge in [0.2, 0.25) is 0 Å². The van der Waals surface area contributed by atoms with Gasteiger partial charge in [-0.15, -0.1) is 0 Å². The molecule has 0 aliphatic carbocycles. The highest BCUT2D eigenvalue weighted by molar-refractivity contribution is 7.93. The zero-order valence-electron chi connectivity index (χ0n) is 12.3. The second-order valence-electron chi connectivity index (χ2n) is 4.99. The number of sulfonamides is 1. The van der Waals surface area contributed by atoms with Crippen LogP contribution in [0.5, 0.6) is 0 Å². The van der Waals surface area contributed by atoms with E-state index in [0.717, 1.165) is 5.39 Å². The molecule has 3 rings (SSSR count). The average molecular weight is 328 g/mol. The minimum Gasteiger partial charge on any atom is -0.394 e. The maximum absolute atomic E-state index is 13.1. The molecule has 0 amide bonds. The zero-order chi connectivity index (χ0) is 16.3. The lowest BCUT2D eigenvalue weighted by Gasteiger charge is -2.24. The molecule has 0 fully saturated rings. The second kappa shape index (κ2) is 6.36. The first-order chi connectivity index (χ1) is 11.1. The molecule has 0 atom stereocenters. The van der Waals surface area contributed by atoms with E-state index >= 15 is 0 Å². The predicted octanol–water partition coefficient (Wildman–Crippen LogP) is 2.42. The number of nitrogens with zero attached hydrogens (tertiary/aromatic N) is 2. The van der Waals surface area contributed by atoms with Crippen molar-refractivity contribution in [2.24, 2.45) is 0 Å². The van der Waals surface area contributed by atoms with Crippen molar-refractivity contribution in [1.29, 1.82) is 0 Å². The van der Waals surface area contributed by atoms with E-state index in [1.165, 1.54) is 4.31 Å². The summed E-state index contributed by atoms with van der Waals surface area (Å²) in [6.45, 7) is -0.270. The Bertz CT molecular complexity index is 906. The molecule has 0 aliphatic heterocycles. The molecule has 0 saturated carbocycles. The van der Waals surface area contributed by atoms with Crippen LogP contribution in [-0.4, -0.2) is 31.7 Å². The van der Waals surface area contributed by atoms with Crippen LogP contribution in [0.3, 0.4) is 0 Å². The van der Waals surface area contributed by atoms with E-state index in [1.807, 2.05) is 12.1 Å². The molecule has 0 unspecified atom stereocenters. The van der Waals surface area contributed by atoms with Crippen LogP contribution >= 0.6 is 0 Å².